The second-order valence-electron chi connectivity index (χ2n) is 6.29. The van der Waals surface area contributed by atoms with Gasteiger partial charge in [-0.25, -0.2) is 9.78 Å². The average Bonchev–Trinajstić information content (AvgIpc) is 2.66. The summed E-state index contributed by atoms with van der Waals surface area (Å²) in [5.74, 6) is 0.213. The van der Waals surface area contributed by atoms with Crippen molar-refractivity contribution < 1.29 is 4.79 Å². The number of hydrogen-bond acceptors (Lipinski definition) is 5. The molecule has 7 heteroatoms. The molecule has 0 fully saturated rings. The molecule has 1 amide bonds. The number of aromatic nitrogens is 3. The Morgan fingerprint density at radius 2 is 2.04 bits per heavy atom. The minimum Gasteiger partial charge on any atom is -0.311 e. The van der Waals surface area contributed by atoms with E-state index in [1.165, 1.54) is 21.7 Å². The van der Waals surface area contributed by atoms with Crippen molar-refractivity contribution in [2.75, 3.05) is 17.2 Å². The summed E-state index contributed by atoms with van der Waals surface area (Å²) in [6.07, 6.45) is 3.67. The zero-order chi connectivity index (χ0) is 18.1. The maximum absolute atomic E-state index is 12.7. The summed E-state index contributed by atoms with van der Waals surface area (Å²) in [6.45, 7) is 2.63. The highest BCUT2D eigenvalue weighted by Gasteiger charge is 2.22. The van der Waals surface area contributed by atoms with Crippen LogP contribution < -0.4 is 10.6 Å². The molecule has 4 rings (SSSR count). The number of carbonyl (C=O) groups is 1. The molecular formula is C19H18N4O2S. The normalized spacial score (nSPS) is 13.7. The Morgan fingerprint density at radius 1 is 1.19 bits per heavy atom. The van der Waals surface area contributed by atoms with Crippen molar-refractivity contribution in [2.24, 2.45) is 0 Å². The summed E-state index contributed by atoms with van der Waals surface area (Å²) >= 11 is 1.20. The standard InChI is InChI=1S/C19H18N4O2S/c1-13-8-9-16-20-18(21-19(25)23(16)11-13)26-12-17(24)22-10-4-6-14-5-2-3-7-15(14)22/h2-3,5,7-9,11H,4,6,10,12H2,1H3. The van der Waals surface area contributed by atoms with Crippen molar-refractivity contribution in [3.63, 3.8) is 0 Å². The lowest BCUT2D eigenvalue weighted by atomic mass is 10.0. The van der Waals surface area contributed by atoms with Crippen LogP contribution in [0.5, 0.6) is 0 Å². The molecule has 0 saturated carbocycles. The third-order valence-corrected chi connectivity index (χ3v) is 5.25. The van der Waals surface area contributed by atoms with Gasteiger partial charge in [0.1, 0.15) is 5.65 Å². The highest BCUT2D eigenvalue weighted by atomic mass is 32.2. The van der Waals surface area contributed by atoms with Gasteiger partial charge >= 0.3 is 5.69 Å². The molecule has 0 atom stereocenters. The fourth-order valence-electron chi connectivity index (χ4n) is 3.16. The van der Waals surface area contributed by atoms with Gasteiger partial charge in [-0.3, -0.25) is 9.20 Å². The van der Waals surface area contributed by atoms with E-state index in [4.69, 9.17) is 0 Å². The predicted octanol–water partition coefficient (Wildman–Crippen LogP) is 2.47. The van der Waals surface area contributed by atoms with Gasteiger partial charge in [-0.15, -0.1) is 0 Å². The van der Waals surface area contributed by atoms with Gasteiger partial charge < -0.3 is 4.90 Å². The van der Waals surface area contributed by atoms with Crippen molar-refractivity contribution in [1.82, 2.24) is 14.4 Å². The Morgan fingerprint density at radius 3 is 2.92 bits per heavy atom. The van der Waals surface area contributed by atoms with Crippen LogP contribution in [0.25, 0.3) is 5.65 Å². The summed E-state index contributed by atoms with van der Waals surface area (Å²) in [6, 6.07) is 11.7. The van der Waals surface area contributed by atoms with Crippen molar-refractivity contribution >= 4 is 29.0 Å². The number of hydrogen-bond donors (Lipinski definition) is 0. The van der Waals surface area contributed by atoms with Gasteiger partial charge in [-0.1, -0.05) is 36.0 Å². The fraction of sp³-hybridized carbons (Fsp3) is 0.263. The molecule has 0 saturated heterocycles. The quantitative estimate of drug-likeness (QED) is 0.666. The topological polar surface area (TPSA) is 67.6 Å². The van der Waals surface area contributed by atoms with E-state index in [1.54, 1.807) is 12.3 Å². The molecule has 3 aromatic rings. The molecule has 0 N–H and O–H groups in total. The first-order valence-corrected chi connectivity index (χ1v) is 9.48. The van der Waals surface area contributed by atoms with Crippen molar-refractivity contribution in [3.8, 4) is 0 Å². The van der Waals surface area contributed by atoms with Crippen LogP contribution in [0.1, 0.15) is 17.5 Å². The molecule has 6 nitrogen and oxygen atoms in total. The molecular weight excluding hydrogens is 348 g/mol. The van der Waals surface area contributed by atoms with Crippen LogP contribution in [0.3, 0.4) is 0 Å². The molecule has 0 aliphatic carbocycles. The zero-order valence-electron chi connectivity index (χ0n) is 14.4. The van der Waals surface area contributed by atoms with Crippen LogP contribution >= 0.6 is 11.8 Å². The van der Waals surface area contributed by atoms with Gasteiger partial charge in [0.2, 0.25) is 5.91 Å². The van der Waals surface area contributed by atoms with E-state index in [0.717, 1.165) is 30.6 Å². The van der Waals surface area contributed by atoms with Crippen LogP contribution in [0, 0.1) is 6.92 Å². The first-order valence-electron chi connectivity index (χ1n) is 8.50. The number of carbonyl (C=O) groups excluding carboxylic acids is 1. The third-order valence-electron chi connectivity index (χ3n) is 4.42. The highest BCUT2D eigenvalue weighted by molar-refractivity contribution is 7.99. The number of amides is 1. The number of anilines is 1. The van der Waals surface area contributed by atoms with Gasteiger partial charge in [0.05, 0.1) is 5.75 Å². The summed E-state index contributed by atoms with van der Waals surface area (Å²) in [5.41, 5.74) is 3.31. The van der Waals surface area contributed by atoms with Crippen LogP contribution in [-0.4, -0.2) is 32.6 Å². The minimum absolute atomic E-state index is 0.00913. The lowest BCUT2D eigenvalue weighted by molar-refractivity contribution is -0.116. The first-order chi connectivity index (χ1) is 12.6. The SMILES string of the molecule is Cc1ccc2nc(SCC(=O)N3CCCc4ccccc43)nc(=O)n2c1. The third kappa shape index (κ3) is 3.22. The van der Waals surface area contributed by atoms with Crippen molar-refractivity contribution in [2.45, 2.75) is 24.9 Å². The average molecular weight is 366 g/mol. The van der Waals surface area contributed by atoms with Crippen LogP contribution in [0.15, 0.2) is 52.5 Å². The van der Waals surface area contributed by atoms with Crippen LogP contribution in [-0.2, 0) is 11.2 Å². The minimum atomic E-state index is -0.378. The maximum Gasteiger partial charge on any atom is 0.355 e. The van der Waals surface area contributed by atoms with Gasteiger partial charge in [0, 0.05) is 18.4 Å². The molecule has 26 heavy (non-hydrogen) atoms. The summed E-state index contributed by atoms with van der Waals surface area (Å²) in [4.78, 5) is 35.1. The molecule has 3 heterocycles. The molecule has 0 radical (unpaired) electrons. The molecule has 132 valence electrons. The van der Waals surface area contributed by atoms with E-state index in [0.29, 0.717) is 10.8 Å². The van der Waals surface area contributed by atoms with E-state index in [9.17, 15) is 9.59 Å². The van der Waals surface area contributed by atoms with E-state index < -0.39 is 0 Å². The number of pyridine rings is 1. The molecule has 2 aromatic heterocycles. The zero-order valence-corrected chi connectivity index (χ0v) is 15.2. The summed E-state index contributed by atoms with van der Waals surface area (Å²) in [7, 11) is 0. The molecule has 1 aliphatic heterocycles. The number of fused-ring (bicyclic) bond motifs is 2. The number of benzene rings is 1. The molecule has 1 aromatic carbocycles. The highest BCUT2D eigenvalue weighted by Crippen LogP contribution is 2.27. The van der Waals surface area contributed by atoms with Crippen LogP contribution in [0.4, 0.5) is 5.69 Å². The number of rotatable bonds is 3. The smallest absolute Gasteiger partial charge is 0.311 e. The van der Waals surface area contributed by atoms with Gasteiger partial charge in [0.25, 0.3) is 0 Å². The first kappa shape index (κ1) is 16.8. The fourth-order valence-corrected chi connectivity index (χ4v) is 3.87. The van der Waals surface area contributed by atoms with E-state index >= 15 is 0 Å². The van der Waals surface area contributed by atoms with Crippen LogP contribution in [0.2, 0.25) is 0 Å². The number of para-hydroxylation sites is 1. The molecule has 1 aliphatic rings. The molecule has 0 bridgehead atoms. The van der Waals surface area contributed by atoms with Gasteiger partial charge in [-0.2, -0.15) is 4.98 Å². The van der Waals surface area contributed by atoms with Gasteiger partial charge in [0.15, 0.2) is 5.16 Å². The number of aryl methyl sites for hydroxylation is 2. The van der Waals surface area contributed by atoms with E-state index in [-0.39, 0.29) is 17.3 Å². The lowest BCUT2D eigenvalue weighted by Crippen LogP contribution is -2.36. The predicted molar refractivity (Wildman–Crippen MR) is 102 cm³/mol. The monoisotopic (exact) mass is 366 g/mol. The second-order valence-corrected chi connectivity index (χ2v) is 7.23. The lowest BCUT2D eigenvalue weighted by Gasteiger charge is -2.29. The Labute approximate surface area is 154 Å². The second kappa shape index (κ2) is 6.92. The van der Waals surface area contributed by atoms with Crippen molar-refractivity contribution in [1.29, 1.82) is 0 Å². The molecule has 0 unspecified atom stereocenters. The maximum atomic E-state index is 12.7. The molecule has 0 spiro atoms. The van der Waals surface area contributed by atoms with Crippen molar-refractivity contribution in [3.05, 3.63) is 64.2 Å². The Bertz CT molecular complexity index is 1050. The number of nitrogens with zero attached hydrogens (tertiary/aromatic N) is 4. The Hall–Kier alpha value is -2.67. The summed E-state index contributed by atoms with van der Waals surface area (Å²) < 4.78 is 1.42. The van der Waals surface area contributed by atoms with Gasteiger partial charge in [-0.05, 0) is 43.0 Å². The largest absolute Gasteiger partial charge is 0.355 e. The number of thioether (sulfide) groups is 1. The van der Waals surface area contributed by atoms with E-state index in [2.05, 4.69) is 16.0 Å². The Kier molecular flexibility index (Phi) is 4.46. The Balaban J connectivity index is 1.53. The van der Waals surface area contributed by atoms with E-state index in [1.807, 2.05) is 36.1 Å². The summed E-state index contributed by atoms with van der Waals surface area (Å²) in [5, 5.41) is 0.331.